The van der Waals surface area contributed by atoms with Gasteiger partial charge in [-0.05, 0) is 25.1 Å². The van der Waals surface area contributed by atoms with Crippen LogP contribution in [-0.2, 0) is 14.3 Å². The van der Waals surface area contributed by atoms with E-state index < -0.39 is 22.9 Å². The molecule has 0 radical (unpaired) electrons. The highest BCUT2D eigenvalue weighted by Gasteiger charge is 2.17. The smallest absolute Gasteiger partial charge is 0.331 e. The number of ether oxygens (including phenoxy) is 1. The van der Waals surface area contributed by atoms with Crippen LogP contribution < -0.4 is 5.32 Å². The van der Waals surface area contributed by atoms with Gasteiger partial charge >= 0.3 is 5.97 Å². The number of hydrogen-bond acceptors (Lipinski definition) is 6. The summed E-state index contributed by atoms with van der Waals surface area (Å²) in [4.78, 5) is 38.8. The van der Waals surface area contributed by atoms with Crippen LogP contribution in [0, 0.1) is 10.1 Å². The summed E-state index contributed by atoms with van der Waals surface area (Å²) < 4.78 is 5.10. The molecular weight excluding hydrogens is 374 g/mol. The average Bonchev–Trinajstić information content (AvgIpc) is 2.72. The number of para-hydroxylation sites is 1. The van der Waals surface area contributed by atoms with Crippen molar-refractivity contribution in [2.75, 3.05) is 5.32 Å². The number of anilines is 1. The summed E-state index contributed by atoms with van der Waals surface area (Å²) in [6, 6.07) is 14.8. The minimum atomic E-state index is -1.09. The fraction of sp³-hybridized carbons (Fsp3) is 0.0952. The van der Waals surface area contributed by atoms with Crippen molar-refractivity contribution < 1.29 is 19.2 Å². The molecule has 146 valence electrons. The molecule has 8 heteroatoms. The molecule has 0 aliphatic heterocycles. The van der Waals surface area contributed by atoms with Crippen molar-refractivity contribution in [2.24, 2.45) is 0 Å². The Hall–Kier alpha value is -4.07. The number of fused-ring (bicyclic) bond motifs is 1. The van der Waals surface area contributed by atoms with E-state index in [9.17, 15) is 19.7 Å². The van der Waals surface area contributed by atoms with Gasteiger partial charge in [-0.25, -0.2) is 4.79 Å². The highest BCUT2D eigenvalue weighted by molar-refractivity contribution is 5.97. The Morgan fingerprint density at radius 2 is 1.93 bits per heavy atom. The number of benzene rings is 2. The molecule has 1 atom stereocenters. The SMILES string of the molecule is CC(OC(=O)/C=C/c1cccc2cccnc12)C(=O)Nc1cccc([N+](=O)[O-])c1. The summed E-state index contributed by atoms with van der Waals surface area (Å²) in [5, 5.41) is 14.2. The summed E-state index contributed by atoms with van der Waals surface area (Å²) >= 11 is 0. The number of amides is 1. The number of carbonyl (C=O) groups is 2. The Balaban J connectivity index is 1.62. The molecule has 0 fully saturated rings. The third-order valence-electron chi connectivity index (χ3n) is 4.05. The van der Waals surface area contributed by atoms with Crippen LogP contribution in [0.3, 0.4) is 0 Å². The number of pyridine rings is 1. The molecule has 0 bridgehead atoms. The number of aromatic nitrogens is 1. The molecule has 2 aromatic carbocycles. The number of nitro groups is 1. The molecule has 29 heavy (non-hydrogen) atoms. The number of rotatable bonds is 6. The second-order valence-corrected chi connectivity index (χ2v) is 6.13. The maximum Gasteiger partial charge on any atom is 0.331 e. The Morgan fingerprint density at radius 3 is 2.72 bits per heavy atom. The van der Waals surface area contributed by atoms with Gasteiger partial charge in [-0.3, -0.25) is 19.9 Å². The van der Waals surface area contributed by atoms with Crippen molar-refractivity contribution in [1.82, 2.24) is 4.98 Å². The van der Waals surface area contributed by atoms with E-state index >= 15 is 0 Å². The first-order valence-corrected chi connectivity index (χ1v) is 8.72. The molecule has 1 aromatic heterocycles. The largest absolute Gasteiger partial charge is 0.449 e. The molecule has 0 aliphatic rings. The molecule has 8 nitrogen and oxygen atoms in total. The molecule has 0 spiro atoms. The van der Waals surface area contributed by atoms with Crippen LogP contribution >= 0.6 is 0 Å². The van der Waals surface area contributed by atoms with Gasteiger partial charge in [-0.1, -0.05) is 30.3 Å². The predicted octanol–water partition coefficient (Wildman–Crippen LogP) is 3.73. The highest BCUT2D eigenvalue weighted by Crippen LogP contribution is 2.18. The van der Waals surface area contributed by atoms with Crippen molar-refractivity contribution >= 4 is 40.2 Å². The van der Waals surface area contributed by atoms with Crippen LogP contribution in [0.4, 0.5) is 11.4 Å². The minimum Gasteiger partial charge on any atom is -0.449 e. The van der Waals surface area contributed by atoms with Gasteiger partial charge in [0, 0.05) is 41.0 Å². The van der Waals surface area contributed by atoms with Gasteiger partial charge in [0.15, 0.2) is 6.10 Å². The lowest BCUT2D eigenvalue weighted by atomic mass is 10.1. The number of nitrogens with zero attached hydrogens (tertiary/aromatic N) is 2. The third-order valence-corrected chi connectivity index (χ3v) is 4.05. The van der Waals surface area contributed by atoms with Crippen LogP contribution in [0.2, 0.25) is 0 Å². The monoisotopic (exact) mass is 391 g/mol. The average molecular weight is 391 g/mol. The zero-order chi connectivity index (χ0) is 20.8. The molecule has 3 rings (SSSR count). The first-order chi connectivity index (χ1) is 13.9. The number of nitro benzene ring substituents is 1. The van der Waals surface area contributed by atoms with Crippen molar-refractivity contribution in [3.8, 4) is 0 Å². The van der Waals surface area contributed by atoms with Crippen molar-refractivity contribution in [2.45, 2.75) is 13.0 Å². The quantitative estimate of drug-likeness (QED) is 0.297. The van der Waals surface area contributed by atoms with E-state index in [1.165, 1.54) is 37.3 Å². The molecule has 0 saturated carbocycles. The van der Waals surface area contributed by atoms with Gasteiger partial charge in [0.05, 0.1) is 10.4 Å². The van der Waals surface area contributed by atoms with Gasteiger partial charge in [-0.15, -0.1) is 0 Å². The van der Waals surface area contributed by atoms with E-state index in [0.717, 1.165) is 16.5 Å². The summed E-state index contributed by atoms with van der Waals surface area (Å²) in [6.07, 6.45) is 3.37. The number of non-ortho nitro benzene ring substituents is 1. The molecule has 1 heterocycles. The molecule has 0 saturated heterocycles. The Kier molecular flexibility index (Phi) is 5.94. The Labute approximate surface area is 166 Å². The second-order valence-electron chi connectivity index (χ2n) is 6.13. The maximum absolute atomic E-state index is 12.2. The Bertz CT molecular complexity index is 1100. The van der Waals surface area contributed by atoms with Crippen molar-refractivity contribution in [3.63, 3.8) is 0 Å². The summed E-state index contributed by atoms with van der Waals surface area (Å²) in [6.45, 7) is 1.41. The molecule has 1 amide bonds. The van der Waals surface area contributed by atoms with Gasteiger partial charge in [-0.2, -0.15) is 0 Å². The fourth-order valence-electron chi connectivity index (χ4n) is 2.63. The van der Waals surface area contributed by atoms with Gasteiger partial charge in [0.1, 0.15) is 0 Å². The van der Waals surface area contributed by atoms with E-state index in [4.69, 9.17) is 4.74 Å². The topological polar surface area (TPSA) is 111 Å². The number of hydrogen-bond donors (Lipinski definition) is 1. The van der Waals surface area contributed by atoms with Crippen LogP contribution in [0.5, 0.6) is 0 Å². The molecule has 1 N–H and O–H groups in total. The molecule has 1 unspecified atom stereocenters. The number of nitrogens with one attached hydrogen (secondary N) is 1. The fourth-order valence-corrected chi connectivity index (χ4v) is 2.63. The van der Waals surface area contributed by atoms with E-state index in [-0.39, 0.29) is 11.4 Å². The van der Waals surface area contributed by atoms with E-state index in [2.05, 4.69) is 10.3 Å². The molecule has 0 aliphatic carbocycles. The summed E-state index contributed by atoms with van der Waals surface area (Å²) in [7, 11) is 0. The highest BCUT2D eigenvalue weighted by atomic mass is 16.6. The number of esters is 1. The summed E-state index contributed by atoms with van der Waals surface area (Å²) in [5.41, 5.74) is 1.58. The van der Waals surface area contributed by atoms with E-state index in [1.807, 2.05) is 30.3 Å². The van der Waals surface area contributed by atoms with Crippen LogP contribution in [0.15, 0.2) is 66.9 Å². The predicted molar refractivity (Wildman–Crippen MR) is 108 cm³/mol. The maximum atomic E-state index is 12.2. The third kappa shape index (κ3) is 5.01. The molecular formula is C21H17N3O5. The second kappa shape index (κ2) is 8.75. The lowest BCUT2D eigenvalue weighted by Gasteiger charge is -2.12. The van der Waals surface area contributed by atoms with E-state index in [0.29, 0.717) is 0 Å². The molecule has 3 aromatic rings. The van der Waals surface area contributed by atoms with Crippen molar-refractivity contribution in [3.05, 3.63) is 82.5 Å². The zero-order valence-electron chi connectivity index (χ0n) is 15.4. The standard InChI is InChI=1S/C21H17N3O5/c1-14(21(26)23-17-8-3-9-18(13-17)24(27)28)29-19(25)11-10-16-6-2-5-15-7-4-12-22-20(15)16/h2-14H,1H3,(H,23,26)/b11-10+. The van der Waals surface area contributed by atoms with Gasteiger partial charge < -0.3 is 10.1 Å². The number of carbonyl (C=O) groups excluding carboxylic acids is 2. The first kappa shape index (κ1) is 19.7. The van der Waals surface area contributed by atoms with Gasteiger partial charge in [0.25, 0.3) is 11.6 Å². The Morgan fingerprint density at radius 1 is 1.17 bits per heavy atom. The first-order valence-electron chi connectivity index (χ1n) is 8.72. The van der Waals surface area contributed by atoms with Crippen molar-refractivity contribution in [1.29, 1.82) is 0 Å². The zero-order valence-corrected chi connectivity index (χ0v) is 15.4. The lowest BCUT2D eigenvalue weighted by molar-refractivity contribution is -0.384. The van der Waals surface area contributed by atoms with Crippen LogP contribution in [0.25, 0.3) is 17.0 Å². The minimum absolute atomic E-state index is 0.154. The normalized spacial score (nSPS) is 11.9. The lowest BCUT2D eigenvalue weighted by Crippen LogP contribution is -2.29. The van der Waals surface area contributed by atoms with E-state index in [1.54, 1.807) is 12.3 Å². The van der Waals surface area contributed by atoms with Crippen LogP contribution in [-0.4, -0.2) is 27.9 Å². The van der Waals surface area contributed by atoms with Crippen LogP contribution in [0.1, 0.15) is 12.5 Å². The van der Waals surface area contributed by atoms with Gasteiger partial charge in [0.2, 0.25) is 0 Å². The summed E-state index contributed by atoms with van der Waals surface area (Å²) in [5.74, 6) is -1.29.